The highest BCUT2D eigenvalue weighted by molar-refractivity contribution is 6.33. The van der Waals surface area contributed by atoms with E-state index in [9.17, 15) is 4.79 Å². The maximum Gasteiger partial charge on any atom is 0.335 e. The van der Waals surface area contributed by atoms with Gasteiger partial charge in [-0.3, -0.25) is 0 Å². The topological polar surface area (TPSA) is 49.3 Å². The van der Waals surface area contributed by atoms with Crippen LogP contribution in [0.15, 0.2) is 42.5 Å². The predicted molar refractivity (Wildman–Crippen MR) is 81.9 cm³/mol. The second-order valence-corrected chi connectivity index (χ2v) is 5.26. The summed E-state index contributed by atoms with van der Waals surface area (Å²) in [5.41, 5.74) is 1.87. The quantitative estimate of drug-likeness (QED) is 0.847. The molecule has 20 heavy (non-hydrogen) atoms. The van der Waals surface area contributed by atoms with E-state index in [1.807, 2.05) is 31.2 Å². The van der Waals surface area contributed by atoms with Gasteiger partial charge in [0.2, 0.25) is 0 Å². The third-order valence-electron chi connectivity index (χ3n) is 2.94. The van der Waals surface area contributed by atoms with Crippen LogP contribution in [0, 0.1) is 0 Å². The summed E-state index contributed by atoms with van der Waals surface area (Å²) < 4.78 is 0. The molecule has 0 saturated heterocycles. The molecule has 0 saturated carbocycles. The van der Waals surface area contributed by atoms with Crippen molar-refractivity contribution in [3.8, 4) is 0 Å². The van der Waals surface area contributed by atoms with Gasteiger partial charge in [0.25, 0.3) is 0 Å². The van der Waals surface area contributed by atoms with Crippen molar-refractivity contribution in [2.75, 3.05) is 5.32 Å². The molecule has 5 heteroatoms. The van der Waals surface area contributed by atoms with Gasteiger partial charge in [0, 0.05) is 11.1 Å². The number of anilines is 1. The molecule has 0 bridgehead atoms. The number of rotatable bonds is 4. The maximum absolute atomic E-state index is 10.9. The van der Waals surface area contributed by atoms with Crippen molar-refractivity contribution in [2.45, 2.75) is 13.0 Å². The fourth-order valence-corrected chi connectivity index (χ4v) is 2.29. The zero-order chi connectivity index (χ0) is 14.7. The van der Waals surface area contributed by atoms with Crippen LogP contribution in [0.2, 0.25) is 10.0 Å². The van der Waals surface area contributed by atoms with Gasteiger partial charge < -0.3 is 10.4 Å². The van der Waals surface area contributed by atoms with E-state index < -0.39 is 5.97 Å². The number of carbonyl (C=O) groups is 1. The fourth-order valence-electron chi connectivity index (χ4n) is 1.86. The van der Waals surface area contributed by atoms with E-state index in [2.05, 4.69) is 5.32 Å². The first-order valence-corrected chi connectivity index (χ1v) is 6.78. The van der Waals surface area contributed by atoms with Crippen LogP contribution in [0.1, 0.15) is 28.9 Å². The van der Waals surface area contributed by atoms with Gasteiger partial charge in [-0.15, -0.1) is 0 Å². The molecular formula is C15H13Cl2NO2. The Balaban J connectivity index is 2.19. The van der Waals surface area contributed by atoms with Crippen LogP contribution in [0.5, 0.6) is 0 Å². The molecular weight excluding hydrogens is 297 g/mol. The van der Waals surface area contributed by atoms with Crippen molar-refractivity contribution in [3.05, 3.63) is 63.6 Å². The molecule has 2 N–H and O–H groups in total. The molecule has 0 amide bonds. The molecule has 2 aromatic carbocycles. The molecule has 0 spiro atoms. The molecule has 104 valence electrons. The zero-order valence-corrected chi connectivity index (χ0v) is 12.2. The third-order valence-corrected chi connectivity index (χ3v) is 3.48. The zero-order valence-electron chi connectivity index (χ0n) is 10.7. The third kappa shape index (κ3) is 3.44. The van der Waals surface area contributed by atoms with E-state index in [1.54, 1.807) is 6.07 Å². The Kier molecular flexibility index (Phi) is 4.53. The van der Waals surface area contributed by atoms with Crippen molar-refractivity contribution in [1.82, 2.24) is 0 Å². The second-order valence-electron chi connectivity index (χ2n) is 4.42. The van der Waals surface area contributed by atoms with Crippen molar-refractivity contribution in [3.63, 3.8) is 0 Å². The molecule has 2 rings (SSSR count). The van der Waals surface area contributed by atoms with Crippen LogP contribution in [-0.4, -0.2) is 11.1 Å². The van der Waals surface area contributed by atoms with Gasteiger partial charge in [0.15, 0.2) is 0 Å². The van der Waals surface area contributed by atoms with Crippen LogP contribution in [0.4, 0.5) is 5.69 Å². The monoisotopic (exact) mass is 309 g/mol. The fraction of sp³-hybridized carbons (Fsp3) is 0.133. The SMILES string of the molecule is CC(Nc1ccc(C(=O)O)cc1Cl)c1cccc(Cl)c1. The smallest absolute Gasteiger partial charge is 0.335 e. The van der Waals surface area contributed by atoms with Crippen molar-refractivity contribution < 1.29 is 9.90 Å². The van der Waals surface area contributed by atoms with E-state index in [0.29, 0.717) is 15.7 Å². The molecule has 0 aliphatic carbocycles. The van der Waals surface area contributed by atoms with Gasteiger partial charge in [-0.2, -0.15) is 0 Å². The van der Waals surface area contributed by atoms with Crippen molar-refractivity contribution >= 4 is 34.9 Å². The van der Waals surface area contributed by atoms with Gasteiger partial charge in [-0.1, -0.05) is 35.3 Å². The number of hydrogen-bond acceptors (Lipinski definition) is 2. The van der Waals surface area contributed by atoms with E-state index >= 15 is 0 Å². The summed E-state index contributed by atoms with van der Waals surface area (Å²) in [6.07, 6.45) is 0. The first kappa shape index (κ1) is 14.7. The van der Waals surface area contributed by atoms with Crippen LogP contribution in [0.3, 0.4) is 0 Å². The highest BCUT2D eigenvalue weighted by atomic mass is 35.5. The second kappa shape index (κ2) is 6.16. The lowest BCUT2D eigenvalue weighted by atomic mass is 10.1. The van der Waals surface area contributed by atoms with E-state index in [4.69, 9.17) is 28.3 Å². The Hall–Kier alpha value is -1.71. The minimum Gasteiger partial charge on any atom is -0.478 e. The van der Waals surface area contributed by atoms with Gasteiger partial charge in [-0.25, -0.2) is 4.79 Å². The van der Waals surface area contributed by atoms with Gasteiger partial charge in [0.05, 0.1) is 16.3 Å². The Labute approximate surface area is 127 Å². The van der Waals surface area contributed by atoms with Gasteiger partial charge in [0.1, 0.15) is 0 Å². The lowest BCUT2D eigenvalue weighted by Gasteiger charge is -2.17. The van der Waals surface area contributed by atoms with E-state index in [1.165, 1.54) is 12.1 Å². The summed E-state index contributed by atoms with van der Waals surface area (Å²) in [6.45, 7) is 1.98. The van der Waals surface area contributed by atoms with Crippen molar-refractivity contribution in [1.29, 1.82) is 0 Å². The largest absolute Gasteiger partial charge is 0.478 e. The Morgan fingerprint density at radius 2 is 1.95 bits per heavy atom. The summed E-state index contributed by atoms with van der Waals surface area (Å²) in [4.78, 5) is 10.9. The van der Waals surface area contributed by atoms with Gasteiger partial charge in [-0.05, 0) is 42.8 Å². The number of benzene rings is 2. The molecule has 0 heterocycles. The Bertz CT molecular complexity index is 644. The first-order valence-electron chi connectivity index (χ1n) is 6.02. The molecule has 2 aromatic rings. The molecule has 0 fully saturated rings. The highest BCUT2D eigenvalue weighted by Gasteiger charge is 2.10. The standard InChI is InChI=1S/C15H13Cl2NO2/c1-9(10-3-2-4-12(16)7-10)18-14-6-5-11(15(19)20)8-13(14)17/h2-9,18H,1H3,(H,19,20). The average Bonchev–Trinajstić information content (AvgIpc) is 2.40. The number of carboxylic acid groups (broad SMARTS) is 1. The molecule has 1 atom stereocenters. The lowest BCUT2D eigenvalue weighted by molar-refractivity contribution is 0.0697. The van der Waals surface area contributed by atoms with Crippen LogP contribution in [-0.2, 0) is 0 Å². The normalized spacial score (nSPS) is 11.9. The minimum atomic E-state index is -0.999. The number of carboxylic acids is 1. The number of aromatic carboxylic acids is 1. The Morgan fingerprint density at radius 3 is 2.55 bits per heavy atom. The molecule has 0 aromatic heterocycles. The summed E-state index contributed by atoms with van der Waals surface area (Å²) in [5.74, 6) is -0.999. The summed E-state index contributed by atoms with van der Waals surface area (Å²) in [6, 6.07) is 12.1. The molecule has 0 aliphatic heterocycles. The van der Waals surface area contributed by atoms with Crippen LogP contribution >= 0.6 is 23.2 Å². The average molecular weight is 310 g/mol. The summed E-state index contributed by atoms with van der Waals surface area (Å²) >= 11 is 12.0. The van der Waals surface area contributed by atoms with Crippen LogP contribution < -0.4 is 5.32 Å². The molecule has 3 nitrogen and oxygen atoms in total. The number of nitrogens with one attached hydrogen (secondary N) is 1. The lowest BCUT2D eigenvalue weighted by Crippen LogP contribution is -2.07. The molecule has 1 unspecified atom stereocenters. The van der Waals surface area contributed by atoms with E-state index in [0.717, 1.165) is 5.56 Å². The number of halogens is 2. The maximum atomic E-state index is 10.9. The predicted octanol–water partition coefficient (Wildman–Crippen LogP) is 4.86. The number of hydrogen-bond donors (Lipinski definition) is 2. The van der Waals surface area contributed by atoms with E-state index in [-0.39, 0.29) is 11.6 Å². The van der Waals surface area contributed by atoms with Crippen LogP contribution in [0.25, 0.3) is 0 Å². The summed E-state index contributed by atoms with van der Waals surface area (Å²) in [5, 5.41) is 13.2. The van der Waals surface area contributed by atoms with Crippen molar-refractivity contribution in [2.24, 2.45) is 0 Å². The highest BCUT2D eigenvalue weighted by Crippen LogP contribution is 2.28. The Morgan fingerprint density at radius 1 is 1.20 bits per heavy atom. The molecule has 0 radical (unpaired) electrons. The molecule has 0 aliphatic rings. The van der Waals surface area contributed by atoms with Gasteiger partial charge >= 0.3 is 5.97 Å². The summed E-state index contributed by atoms with van der Waals surface area (Å²) in [7, 11) is 0. The minimum absolute atomic E-state index is 0.00174. The first-order chi connectivity index (χ1) is 9.47.